The minimum absolute atomic E-state index is 0.435. The number of carbonyl (C=O) groups is 1. The highest BCUT2D eigenvalue weighted by Gasteiger charge is 2.14. The third kappa shape index (κ3) is 4.13. The Morgan fingerprint density at radius 2 is 1.79 bits per heavy atom. The lowest BCUT2D eigenvalue weighted by Gasteiger charge is -2.16. The molecule has 128 valence electrons. The molecule has 1 atom stereocenters. The van der Waals surface area contributed by atoms with Crippen molar-refractivity contribution in [2.24, 2.45) is 0 Å². The Morgan fingerprint density at radius 1 is 1.04 bits per heavy atom. The predicted octanol–water partition coefficient (Wildman–Crippen LogP) is 3.86. The van der Waals surface area contributed by atoms with Crippen molar-refractivity contribution in [3.8, 4) is 11.5 Å². The van der Waals surface area contributed by atoms with E-state index in [0.29, 0.717) is 22.7 Å². The summed E-state index contributed by atoms with van der Waals surface area (Å²) >= 11 is 0. The minimum atomic E-state index is -0.960. The number of ether oxygens (including phenoxy) is 2. The van der Waals surface area contributed by atoms with Crippen molar-refractivity contribution in [1.29, 1.82) is 0 Å². The van der Waals surface area contributed by atoms with Gasteiger partial charge in [0.15, 0.2) is 11.6 Å². The van der Waals surface area contributed by atoms with Gasteiger partial charge in [-0.1, -0.05) is 6.07 Å². The molecule has 0 heterocycles. The van der Waals surface area contributed by atoms with E-state index < -0.39 is 23.7 Å². The quantitative estimate of drug-likeness (QED) is 0.871. The first-order valence-electron chi connectivity index (χ1n) is 7.19. The molecular formula is C17H18F2N2O3. The van der Waals surface area contributed by atoms with Gasteiger partial charge in [0.05, 0.1) is 25.9 Å². The fourth-order valence-electron chi connectivity index (χ4n) is 2.12. The number of halogens is 2. The summed E-state index contributed by atoms with van der Waals surface area (Å²) in [6, 6.07) is 7.42. The van der Waals surface area contributed by atoms with Crippen LogP contribution in [0.25, 0.3) is 0 Å². The Balaban J connectivity index is 2.06. The lowest BCUT2D eigenvalue weighted by Crippen LogP contribution is -2.31. The standard InChI is InChI=1S/C17H18F2N2O3/c1-10(11-4-6-13(18)14(19)8-11)20-17(22)21-15-7-5-12(23-2)9-16(15)24-3/h4-10H,1-3H3,(H2,20,21,22). The number of urea groups is 1. The predicted molar refractivity (Wildman–Crippen MR) is 86.5 cm³/mol. The molecule has 24 heavy (non-hydrogen) atoms. The van der Waals surface area contributed by atoms with E-state index in [9.17, 15) is 13.6 Å². The molecule has 0 saturated carbocycles. The van der Waals surface area contributed by atoms with Crippen LogP contribution in [0.5, 0.6) is 11.5 Å². The molecule has 0 aromatic heterocycles. The number of carbonyl (C=O) groups excluding carboxylic acids is 1. The van der Waals surface area contributed by atoms with Gasteiger partial charge in [-0.3, -0.25) is 0 Å². The normalized spacial score (nSPS) is 11.5. The zero-order chi connectivity index (χ0) is 17.7. The maximum atomic E-state index is 13.3. The molecule has 0 bridgehead atoms. The molecule has 0 aliphatic carbocycles. The summed E-state index contributed by atoms with van der Waals surface area (Å²) in [5, 5.41) is 5.29. The van der Waals surface area contributed by atoms with Crippen LogP contribution in [0.1, 0.15) is 18.5 Å². The van der Waals surface area contributed by atoms with E-state index in [1.54, 1.807) is 25.1 Å². The van der Waals surface area contributed by atoms with Gasteiger partial charge >= 0.3 is 6.03 Å². The Labute approximate surface area is 138 Å². The van der Waals surface area contributed by atoms with E-state index in [1.807, 2.05) is 0 Å². The maximum Gasteiger partial charge on any atom is 0.319 e. The van der Waals surface area contributed by atoms with Crippen LogP contribution < -0.4 is 20.1 Å². The number of hydrogen-bond acceptors (Lipinski definition) is 3. The van der Waals surface area contributed by atoms with E-state index in [0.717, 1.165) is 12.1 Å². The topological polar surface area (TPSA) is 59.6 Å². The molecule has 2 aromatic rings. The molecule has 7 heteroatoms. The highest BCUT2D eigenvalue weighted by atomic mass is 19.2. The van der Waals surface area contributed by atoms with Gasteiger partial charge in [0.1, 0.15) is 11.5 Å². The highest BCUT2D eigenvalue weighted by molar-refractivity contribution is 5.91. The second kappa shape index (κ2) is 7.63. The van der Waals surface area contributed by atoms with Crippen LogP contribution in [0.3, 0.4) is 0 Å². The molecule has 1 unspecified atom stereocenters. The van der Waals surface area contributed by atoms with E-state index in [-0.39, 0.29) is 0 Å². The molecule has 2 N–H and O–H groups in total. The molecule has 2 amide bonds. The summed E-state index contributed by atoms with van der Waals surface area (Å²) in [6.07, 6.45) is 0. The van der Waals surface area contributed by atoms with Crippen molar-refractivity contribution >= 4 is 11.7 Å². The molecule has 0 radical (unpaired) electrons. The van der Waals surface area contributed by atoms with Crippen LogP contribution in [-0.4, -0.2) is 20.3 Å². The van der Waals surface area contributed by atoms with Gasteiger partial charge < -0.3 is 20.1 Å². The highest BCUT2D eigenvalue weighted by Crippen LogP contribution is 2.29. The molecule has 0 spiro atoms. The van der Waals surface area contributed by atoms with Crippen molar-refractivity contribution in [3.63, 3.8) is 0 Å². The number of anilines is 1. The summed E-state index contributed by atoms with van der Waals surface area (Å²) in [6.45, 7) is 1.66. The molecule has 0 saturated heterocycles. The number of nitrogens with one attached hydrogen (secondary N) is 2. The Kier molecular flexibility index (Phi) is 5.57. The monoisotopic (exact) mass is 336 g/mol. The first-order valence-corrected chi connectivity index (χ1v) is 7.19. The van der Waals surface area contributed by atoms with Crippen molar-refractivity contribution in [1.82, 2.24) is 5.32 Å². The van der Waals surface area contributed by atoms with E-state index >= 15 is 0 Å². The zero-order valence-corrected chi connectivity index (χ0v) is 13.5. The van der Waals surface area contributed by atoms with Gasteiger partial charge in [0.2, 0.25) is 0 Å². The summed E-state index contributed by atoms with van der Waals surface area (Å²) in [4.78, 5) is 12.1. The van der Waals surface area contributed by atoms with Gasteiger partial charge in [-0.15, -0.1) is 0 Å². The fraction of sp³-hybridized carbons (Fsp3) is 0.235. The summed E-state index contributed by atoms with van der Waals surface area (Å²) in [7, 11) is 3.00. The van der Waals surface area contributed by atoms with Crippen molar-refractivity contribution < 1.29 is 23.0 Å². The average Bonchev–Trinajstić information content (AvgIpc) is 2.57. The summed E-state index contributed by atoms with van der Waals surface area (Å²) in [5.41, 5.74) is 0.902. The third-order valence-corrected chi connectivity index (χ3v) is 3.45. The van der Waals surface area contributed by atoms with Crippen LogP contribution in [0.15, 0.2) is 36.4 Å². The van der Waals surface area contributed by atoms with Crippen molar-refractivity contribution in [2.75, 3.05) is 19.5 Å². The van der Waals surface area contributed by atoms with Gasteiger partial charge in [-0.2, -0.15) is 0 Å². The molecule has 0 fully saturated rings. The molecule has 5 nitrogen and oxygen atoms in total. The lowest BCUT2D eigenvalue weighted by atomic mass is 10.1. The SMILES string of the molecule is COc1ccc(NC(=O)NC(C)c2ccc(F)c(F)c2)c(OC)c1. The van der Waals surface area contributed by atoms with Crippen LogP contribution >= 0.6 is 0 Å². The Hall–Kier alpha value is -2.83. The minimum Gasteiger partial charge on any atom is -0.497 e. The second-order valence-electron chi connectivity index (χ2n) is 5.06. The fourth-order valence-corrected chi connectivity index (χ4v) is 2.12. The first kappa shape index (κ1) is 17.5. The van der Waals surface area contributed by atoms with Gasteiger partial charge in [-0.05, 0) is 36.8 Å². The second-order valence-corrected chi connectivity index (χ2v) is 5.06. The molecule has 2 rings (SSSR count). The number of rotatable bonds is 5. The average molecular weight is 336 g/mol. The first-order chi connectivity index (χ1) is 11.4. The van der Waals surface area contributed by atoms with E-state index in [2.05, 4.69) is 10.6 Å². The number of amides is 2. The number of benzene rings is 2. The van der Waals surface area contributed by atoms with Gasteiger partial charge in [0, 0.05) is 6.07 Å². The number of hydrogen-bond donors (Lipinski definition) is 2. The van der Waals surface area contributed by atoms with Crippen molar-refractivity contribution in [2.45, 2.75) is 13.0 Å². The summed E-state index contributed by atoms with van der Waals surface area (Å²) in [5.74, 6) is -0.866. The molecule has 0 aliphatic heterocycles. The lowest BCUT2D eigenvalue weighted by molar-refractivity contribution is 0.249. The number of methoxy groups -OCH3 is 2. The molecular weight excluding hydrogens is 318 g/mol. The van der Waals surface area contributed by atoms with E-state index in [4.69, 9.17) is 9.47 Å². The Morgan fingerprint density at radius 3 is 2.42 bits per heavy atom. The van der Waals surface area contributed by atoms with Crippen LogP contribution in [0, 0.1) is 11.6 Å². The Bertz CT molecular complexity index is 738. The zero-order valence-electron chi connectivity index (χ0n) is 13.5. The maximum absolute atomic E-state index is 13.3. The summed E-state index contributed by atoms with van der Waals surface area (Å²) < 4.78 is 36.5. The van der Waals surface area contributed by atoms with Gasteiger partial charge in [0.25, 0.3) is 0 Å². The molecule has 2 aromatic carbocycles. The van der Waals surface area contributed by atoms with E-state index in [1.165, 1.54) is 20.3 Å². The van der Waals surface area contributed by atoms with Crippen LogP contribution in [-0.2, 0) is 0 Å². The smallest absolute Gasteiger partial charge is 0.319 e. The third-order valence-electron chi connectivity index (χ3n) is 3.45. The van der Waals surface area contributed by atoms with Gasteiger partial charge in [-0.25, -0.2) is 13.6 Å². The van der Waals surface area contributed by atoms with Crippen LogP contribution in [0.2, 0.25) is 0 Å². The van der Waals surface area contributed by atoms with Crippen LogP contribution in [0.4, 0.5) is 19.3 Å². The van der Waals surface area contributed by atoms with Crippen molar-refractivity contribution in [3.05, 3.63) is 53.6 Å². The molecule has 0 aliphatic rings. The largest absolute Gasteiger partial charge is 0.497 e.